The van der Waals surface area contributed by atoms with Crippen LogP contribution in [0.25, 0.3) is 0 Å². The van der Waals surface area contributed by atoms with Crippen molar-refractivity contribution in [2.45, 2.75) is 33.1 Å². The molecular weight excluding hydrogens is 190 g/mol. The zero-order valence-corrected chi connectivity index (χ0v) is 10.2. The first-order chi connectivity index (χ1) is 7.20. The van der Waals surface area contributed by atoms with Gasteiger partial charge in [0, 0.05) is 6.08 Å². The first-order valence-electron chi connectivity index (χ1n) is 5.68. The Morgan fingerprint density at radius 1 is 1.33 bits per heavy atom. The zero-order chi connectivity index (χ0) is 11.5. The fourth-order valence-corrected chi connectivity index (χ4v) is 1.18. The number of hydrogen-bond acceptors (Lipinski definition) is 3. The molecular formula is C12H23NO2. The number of allylic oxidation sites excluding steroid dienone is 1. The van der Waals surface area contributed by atoms with Crippen molar-refractivity contribution >= 4 is 5.97 Å². The van der Waals surface area contributed by atoms with E-state index in [9.17, 15) is 4.79 Å². The maximum absolute atomic E-state index is 10.9. The molecule has 0 unspecified atom stereocenters. The molecule has 0 N–H and O–H groups in total. The Balaban J connectivity index is 3.21. The highest BCUT2D eigenvalue weighted by Crippen LogP contribution is 1.98. The molecule has 3 heteroatoms. The molecule has 3 nitrogen and oxygen atoms in total. The van der Waals surface area contributed by atoms with Crippen LogP contribution >= 0.6 is 0 Å². The van der Waals surface area contributed by atoms with Crippen LogP contribution in [0, 0.1) is 0 Å². The van der Waals surface area contributed by atoms with Gasteiger partial charge in [-0.25, -0.2) is 4.79 Å². The van der Waals surface area contributed by atoms with Crippen LogP contribution in [0.2, 0.25) is 0 Å². The Kier molecular flexibility index (Phi) is 9.18. The molecule has 0 saturated carbocycles. The number of unbranched alkanes of at least 4 members (excludes halogenated alkanes) is 2. The van der Waals surface area contributed by atoms with Gasteiger partial charge < -0.3 is 9.64 Å². The molecule has 0 saturated heterocycles. The molecule has 88 valence electrons. The SMILES string of the molecule is C/C=C/C(=O)OCCCCCN(C)CC. The number of hydrogen-bond donors (Lipinski definition) is 0. The lowest BCUT2D eigenvalue weighted by Crippen LogP contribution is -2.18. The number of esters is 1. The molecule has 0 fully saturated rings. The largest absolute Gasteiger partial charge is 0.463 e. The fraction of sp³-hybridized carbons (Fsp3) is 0.750. The third kappa shape index (κ3) is 9.47. The summed E-state index contributed by atoms with van der Waals surface area (Å²) in [5.74, 6) is -0.233. The van der Waals surface area contributed by atoms with E-state index >= 15 is 0 Å². The molecule has 0 atom stereocenters. The van der Waals surface area contributed by atoms with Gasteiger partial charge in [0.25, 0.3) is 0 Å². The zero-order valence-electron chi connectivity index (χ0n) is 10.2. The van der Waals surface area contributed by atoms with Crippen molar-refractivity contribution in [2.75, 3.05) is 26.7 Å². The van der Waals surface area contributed by atoms with Crippen molar-refractivity contribution in [2.24, 2.45) is 0 Å². The van der Waals surface area contributed by atoms with Crippen molar-refractivity contribution < 1.29 is 9.53 Å². The minimum Gasteiger partial charge on any atom is -0.463 e. The number of carbonyl (C=O) groups excluding carboxylic acids is 1. The highest BCUT2D eigenvalue weighted by molar-refractivity contribution is 5.81. The molecule has 0 aromatic rings. The van der Waals surface area contributed by atoms with Crippen LogP contribution in [-0.4, -0.2) is 37.6 Å². The van der Waals surface area contributed by atoms with Gasteiger partial charge in [-0.15, -0.1) is 0 Å². The number of carbonyl (C=O) groups is 1. The summed E-state index contributed by atoms with van der Waals surface area (Å²) in [6.45, 7) is 6.72. The molecule has 0 spiro atoms. The predicted octanol–water partition coefficient (Wildman–Crippen LogP) is 2.23. The fourth-order valence-electron chi connectivity index (χ4n) is 1.18. The van der Waals surface area contributed by atoms with E-state index in [1.54, 1.807) is 6.08 Å². The number of rotatable bonds is 8. The van der Waals surface area contributed by atoms with Crippen molar-refractivity contribution in [3.63, 3.8) is 0 Å². The van der Waals surface area contributed by atoms with Gasteiger partial charge in [-0.3, -0.25) is 0 Å². The molecule has 0 aromatic carbocycles. The van der Waals surface area contributed by atoms with Crippen LogP contribution in [0.15, 0.2) is 12.2 Å². The average molecular weight is 213 g/mol. The van der Waals surface area contributed by atoms with E-state index in [1.807, 2.05) is 6.92 Å². The Hall–Kier alpha value is -0.830. The van der Waals surface area contributed by atoms with Gasteiger partial charge in [0.1, 0.15) is 0 Å². The van der Waals surface area contributed by atoms with Gasteiger partial charge in [0.05, 0.1) is 6.61 Å². The van der Waals surface area contributed by atoms with E-state index in [0.29, 0.717) is 6.61 Å². The molecule has 0 radical (unpaired) electrons. The Labute approximate surface area is 93.1 Å². The lowest BCUT2D eigenvalue weighted by Gasteiger charge is -2.12. The van der Waals surface area contributed by atoms with Gasteiger partial charge in [0.2, 0.25) is 0 Å². The molecule has 0 amide bonds. The molecule has 0 aliphatic rings. The highest BCUT2D eigenvalue weighted by Gasteiger charge is 1.97. The van der Waals surface area contributed by atoms with Crippen LogP contribution in [-0.2, 0) is 9.53 Å². The van der Waals surface area contributed by atoms with E-state index in [0.717, 1.165) is 25.9 Å². The summed E-state index contributed by atoms with van der Waals surface area (Å²) in [6.07, 6.45) is 6.39. The van der Waals surface area contributed by atoms with Gasteiger partial charge in [-0.05, 0) is 46.3 Å². The first-order valence-corrected chi connectivity index (χ1v) is 5.68. The van der Waals surface area contributed by atoms with Gasteiger partial charge in [0.15, 0.2) is 0 Å². The van der Waals surface area contributed by atoms with Crippen molar-refractivity contribution in [3.8, 4) is 0 Å². The monoisotopic (exact) mass is 213 g/mol. The summed E-state index contributed by atoms with van der Waals surface area (Å²) < 4.78 is 4.98. The van der Waals surface area contributed by atoms with Crippen molar-refractivity contribution in [1.29, 1.82) is 0 Å². The minimum absolute atomic E-state index is 0.233. The van der Waals surface area contributed by atoms with Crippen molar-refractivity contribution in [1.82, 2.24) is 4.90 Å². The summed E-state index contributed by atoms with van der Waals surface area (Å²) in [7, 11) is 2.12. The molecule has 0 aliphatic carbocycles. The molecule has 0 rings (SSSR count). The minimum atomic E-state index is -0.233. The maximum atomic E-state index is 10.9. The highest BCUT2D eigenvalue weighted by atomic mass is 16.5. The lowest BCUT2D eigenvalue weighted by atomic mass is 10.2. The van der Waals surface area contributed by atoms with Gasteiger partial charge >= 0.3 is 5.97 Å². The Morgan fingerprint density at radius 2 is 2.07 bits per heavy atom. The van der Waals surface area contributed by atoms with E-state index in [1.165, 1.54) is 12.5 Å². The third-order valence-electron chi connectivity index (χ3n) is 2.27. The molecule has 0 heterocycles. The molecule has 0 aliphatic heterocycles. The molecule has 0 bridgehead atoms. The second-order valence-electron chi connectivity index (χ2n) is 3.62. The topological polar surface area (TPSA) is 29.5 Å². The smallest absolute Gasteiger partial charge is 0.330 e. The summed E-state index contributed by atoms with van der Waals surface area (Å²) in [6, 6.07) is 0. The van der Waals surface area contributed by atoms with E-state index in [4.69, 9.17) is 4.74 Å². The van der Waals surface area contributed by atoms with Gasteiger partial charge in [-0.1, -0.05) is 13.0 Å². The summed E-state index contributed by atoms with van der Waals surface area (Å²) in [4.78, 5) is 13.2. The van der Waals surface area contributed by atoms with Crippen LogP contribution in [0.1, 0.15) is 33.1 Å². The molecule has 0 aromatic heterocycles. The van der Waals surface area contributed by atoms with E-state index in [-0.39, 0.29) is 5.97 Å². The summed E-state index contributed by atoms with van der Waals surface area (Å²) in [5.41, 5.74) is 0. The number of nitrogens with zero attached hydrogens (tertiary/aromatic N) is 1. The van der Waals surface area contributed by atoms with E-state index < -0.39 is 0 Å². The second-order valence-corrected chi connectivity index (χ2v) is 3.62. The normalized spacial score (nSPS) is 11.2. The lowest BCUT2D eigenvalue weighted by molar-refractivity contribution is -0.137. The van der Waals surface area contributed by atoms with Crippen LogP contribution < -0.4 is 0 Å². The maximum Gasteiger partial charge on any atom is 0.330 e. The first kappa shape index (κ1) is 14.2. The quantitative estimate of drug-likeness (QED) is 0.352. The van der Waals surface area contributed by atoms with Crippen molar-refractivity contribution in [3.05, 3.63) is 12.2 Å². The summed E-state index contributed by atoms with van der Waals surface area (Å²) >= 11 is 0. The van der Waals surface area contributed by atoms with Crippen LogP contribution in [0.4, 0.5) is 0 Å². The second kappa shape index (κ2) is 9.71. The summed E-state index contributed by atoms with van der Waals surface area (Å²) in [5, 5.41) is 0. The Bertz CT molecular complexity index is 190. The third-order valence-corrected chi connectivity index (χ3v) is 2.27. The average Bonchev–Trinajstić information content (AvgIpc) is 2.23. The van der Waals surface area contributed by atoms with Gasteiger partial charge in [-0.2, -0.15) is 0 Å². The van der Waals surface area contributed by atoms with Crippen LogP contribution in [0.3, 0.4) is 0 Å². The standard InChI is InChI=1S/C12H23NO2/c1-4-9-12(14)15-11-8-6-7-10-13(3)5-2/h4,9H,5-8,10-11H2,1-3H3/b9-4+. The van der Waals surface area contributed by atoms with E-state index in [2.05, 4.69) is 18.9 Å². The molecule has 15 heavy (non-hydrogen) atoms. The van der Waals surface area contributed by atoms with Crippen LogP contribution in [0.5, 0.6) is 0 Å². The number of ether oxygens (including phenoxy) is 1. The predicted molar refractivity (Wildman–Crippen MR) is 62.8 cm³/mol. The Morgan fingerprint density at radius 3 is 2.67 bits per heavy atom.